The van der Waals surface area contributed by atoms with Crippen LogP contribution in [0, 0.1) is 0 Å². The maximum Gasteiger partial charge on any atom is 0.238 e. The number of phenolic OH excluding ortho intramolecular Hbond substituents is 1. The molecule has 0 radical (unpaired) electrons. The van der Waals surface area contributed by atoms with Gasteiger partial charge in [0.15, 0.2) is 0 Å². The number of guanidine groups is 1. The van der Waals surface area contributed by atoms with Gasteiger partial charge in [-0.2, -0.15) is 4.99 Å². The van der Waals surface area contributed by atoms with Crippen LogP contribution in [0.3, 0.4) is 0 Å². The molecule has 10 heteroatoms. The number of sulfonamides is 1. The topological polar surface area (TPSA) is 120 Å². The first-order chi connectivity index (χ1) is 15.4. The molecule has 0 aliphatic carbocycles. The number of benzene rings is 2. The minimum atomic E-state index is -3.75. The summed E-state index contributed by atoms with van der Waals surface area (Å²) in [4.78, 5) is 9.32. The Labute approximate surface area is 186 Å². The third-order valence-electron chi connectivity index (χ3n) is 5.97. The molecular formula is C22H25N5O4S. The molecule has 3 aliphatic rings. The number of aromatic hydroxyl groups is 1. The Bertz CT molecular complexity index is 1190. The highest BCUT2D eigenvalue weighted by molar-refractivity contribution is 7.89. The molecule has 2 aromatic rings. The predicted octanol–water partition coefficient (Wildman–Crippen LogP) is 1.49. The first-order valence-electron chi connectivity index (χ1n) is 10.5. The fourth-order valence-corrected chi connectivity index (χ4v) is 4.89. The van der Waals surface area contributed by atoms with Gasteiger partial charge in [0.05, 0.1) is 24.2 Å². The van der Waals surface area contributed by atoms with Crippen LogP contribution >= 0.6 is 0 Å². The summed E-state index contributed by atoms with van der Waals surface area (Å²) in [5, 5.41) is 18.9. The largest absolute Gasteiger partial charge is 0.508 e. The second-order valence-electron chi connectivity index (χ2n) is 8.00. The minimum absolute atomic E-state index is 0.0788. The van der Waals surface area contributed by atoms with E-state index in [1.807, 2.05) is 12.1 Å². The van der Waals surface area contributed by atoms with Gasteiger partial charge >= 0.3 is 0 Å². The smallest absolute Gasteiger partial charge is 0.238 e. The van der Waals surface area contributed by atoms with E-state index in [0.717, 1.165) is 54.7 Å². The molecule has 0 bridgehead atoms. The molecule has 1 saturated heterocycles. The minimum Gasteiger partial charge on any atom is -0.508 e. The summed E-state index contributed by atoms with van der Waals surface area (Å²) in [5.41, 5.74) is 2.94. The third kappa shape index (κ3) is 3.92. The zero-order valence-electron chi connectivity index (χ0n) is 17.4. The summed E-state index contributed by atoms with van der Waals surface area (Å²) in [6.07, 6.45) is 0.791. The molecule has 0 saturated carbocycles. The Balaban J connectivity index is 1.54. The number of nitrogens with two attached hydrogens (primary N) is 1. The monoisotopic (exact) mass is 455 g/mol. The number of primary sulfonamides is 1. The zero-order valence-corrected chi connectivity index (χ0v) is 18.3. The van der Waals surface area contributed by atoms with Gasteiger partial charge in [-0.15, -0.1) is 0 Å². The molecule has 1 unspecified atom stereocenters. The second-order valence-corrected chi connectivity index (χ2v) is 9.56. The van der Waals surface area contributed by atoms with Gasteiger partial charge in [-0.3, -0.25) is 0 Å². The summed E-state index contributed by atoms with van der Waals surface area (Å²) >= 11 is 0. The highest BCUT2D eigenvalue weighted by atomic mass is 32.2. The van der Waals surface area contributed by atoms with Crippen LogP contribution in [-0.4, -0.2) is 57.2 Å². The van der Waals surface area contributed by atoms with Crippen LogP contribution in [0.15, 0.2) is 69.8 Å². The Kier molecular flexibility index (Phi) is 5.28. The average Bonchev–Trinajstić information content (AvgIpc) is 3.22. The van der Waals surface area contributed by atoms with Crippen molar-refractivity contribution in [2.45, 2.75) is 17.4 Å². The van der Waals surface area contributed by atoms with Crippen molar-refractivity contribution in [3.8, 4) is 5.75 Å². The van der Waals surface area contributed by atoms with Crippen LogP contribution in [0.4, 0.5) is 5.69 Å². The number of nitrogens with zero attached hydrogens (tertiary/aromatic N) is 3. The first-order valence-corrected chi connectivity index (χ1v) is 12.0. The molecule has 32 heavy (non-hydrogen) atoms. The molecule has 1 atom stereocenters. The van der Waals surface area contributed by atoms with E-state index in [9.17, 15) is 13.5 Å². The summed E-state index contributed by atoms with van der Waals surface area (Å²) in [7, 11) is -3.75. The van der Waals surface area contributed by atoms with Crippen molar-refractivity contribution in [1.82, 2.24) is 10.2 Å². The first kappa shape index (κ1) is 20.8. The van der Waals surface area contributed by atoms with E-state index in [4.69, 9.17) is 14.9 Å². The lowest BCUT2D eigenvalue weighted by Gasteiger charge is -2.36. The van der Waals surface area contributed by atoms with E-state index in [1.165, 1.54) is 12.1 Å². The standard InChI is InChI=1S/C22H25N5O4S/c23-32(29,30)18-6-4-16(5-7-18)27-9-8-19-20(15-2-1-3-17(28)14-15)24-22(25-21(19)27)26-10-12-31-13-11-26/h1-7,14,20,28H,8-13H2,(H,24,25)(H2,23,29,30). The Morgan fingerprint density at radius 2 is 1.84 bits per heavy atom. The Hall–Kier alpha value is -3.08. The van der Waals surface area contributed by atoms with Crippen molar-refractivity contribution in [2.24, 2.45) is 10.1 Å². The quantitative estimate of drug-likeness (QED) is 0.641. The molecule has 5 rings (SSSR count). The van der Waals surface area contributed by atoms with E-state index in [0.29, 0.717) is 13.2 Å². The molecule has 0 spiro atoms. The summed E-state index contributed by atoms with van der Waals surface area (Å²) in [5.74, 6) is 1.84. The number of ether oxygens (including phenoxy) is 1. The molecule has 2 aromatic carbocycles. The number of rotatable bonds is 3. The van der Waals surface area contributed by atoms with Crippen LogP contribution in [-0.2, 0) is 14.8 Å². The lowest BCUT2D eigenvalue weighted by atomic mass is 9.96. The van der Waals surface area contributed by atoms with Gasteiger partial charge in [-0.05, 0) is 48.4 Å². The van der Waals surface area contributed by atoms with Gasteiger partial charge < -0.3 is 25.0 Å². The number of anilines is 1. The van der Waals surface area contributed by atoms with Gasteiger partial charge in [0.1, 0.15) is 11.6 Å². The average molecular weight is 456 g/mol. The number of nitrogens with one attached hydrogen (secondary N) is 1. The number of morpholine rings is 1. The predicted molar refractivity (Wildman–Crippen MR) is 121 cm³/mol. The van der Waals surface area contributed by atoms with Crippen LogP contribution in [0.25, 0.3) is 0 Å². The molecule has 1 fully saturated rings. The van der Waals surface area contributed by atoms with Gasteiger partial charge in [0.25, 0.3) is 0 Å². The zero-order chi connectivity index (χ0) is 22.3. The number of aliphatic imine (C=N–C) groups is 1. The maximum atomic E-state index is 11.6. The van der Waals surface area contributed by atoms with E-state index < -0.39 is 10.0 Å². The van der Waals surface area contributed by atoms with Gasteiger partial charge in [0, 0.05) is 30.9 Å². The highest BCUT2D eigenvalue weighted by Gasteiger charge is 2.35. The van der Waals surface area contributed by atoms with Crippen molar-refractivity contribution in [2.75, 3.05) is 37.7 Å². The van der Waals surface area contributed by atoms with E-state index in [1.54, 1.807) is 24.3 Å². The van der Waals surface area contributed by atoms with Crippen LogP contribution < -0.4 is 15.4 Å². The number of phenols is 1. The van der Waals surface area contributed by atoms with Crippen molar-refractivity contribution in [3.05, 3.63) is 65.5 Å². The molecule has 3 heterocycles. The molecule has 9 nitrogen and oxygen atoms in total. The lowest BCUT2D eigenvalue weighted by Crippen LogP contribution is -2.50. The van der Waals surface area contributed by atoms with E-state index in [2.05, 4.69) is 15.1 Å². The van der Waals surface area contributed by atoms with E-state index >= 15 is 0 Å². The van der Waals surface area contributed by atoms with Crippen LogP contribution in [0.5, 0.6) is 5.75 Å². The normalized spacial score (nSPS) is 21.3. The van der Waals surface area contributed by atoms with Crippen molar-refractivity contribution in [3.63, 3.8) is 0 Å². The lowest BCUT2D eigenvalue weighted by molar-refractivity contribution is 0.0661. The van der Waals surface area contributed by atoms with Gasteiger partial charge in [-0.1, -0.05) is 12.1 Å². The molecule has 168 valence electrons. The number of hydrogen-bond donors (Lipinski definition) is 3. The van der Waals surface area contributed by atoms with Crippen molar-refractivity contribution < 1.29 is 18.3 Å². The SMILES string of the molecule is NS(=O)(=O)c1ccc(N2CCC3=C2N=C(N2CCOCC2)NC3c2cccc(O)c2)cc1. The molecule has 4 N–H and O–H groups in total. The fraction of sp³-hybridized carbons (Fsp3) is 0.318. The summed E-state index contributed by atoms with van der Waals surface area (Å²) < 4.78 is 28.7. The van der Waals surface area contributed by atoms with Crippen molar-refractivity contribution in [1.29, 1.82) is 0 Å². The highest BCUT2D eigenvalue weighted by Crippen LogP contribution is 2.40. The Morgan fingerprint density at radius 1 is 1.09 bits per heavy atom. The summed E-state index contributed by atoms with van der Waals surface area (Å²) in [6.45, 7) is 3.48. The van der Waals surface area contributed by atoms with Crippen LogP contribution in [0.2, 0.25) is 0 Å². The maximum absolute atomic E-state index is 11.6. The molecular weight excluding hydrogens is 430 g/mol. The van der Waals surface area contributed by atoms with E-state index in [-0.39, 0.29) is 16.7 Å². The fourth-order valence-electron chi connectivity index (χ4n) is 4.37. The summed E-state index contributed by atoms with van der Waals surface area (Å²) in [6, 6.07) is 13.7. The van der Waals surface area contributed by atoms with Crippen molar-refractivity contribution >= 4 is 21.7 Å². The van der Waals surface area contributed by atoms with Crippen LogP contribution in [0.1, 0.15) is 18.0 Å². The second kappa shape index (κ2) is 8.12. The van der Waals surface area contributed by atoms with Gasteiger partial charge in [-0.25, -0.2) is 13.6 Å². The number of hydrogen-bond acceptors (Lipinski definition) is 8. The third-order valence-corrected chi connectivity index (χ3v) is 6.90. The molecule has 3 aliphatic heterocycles. The Morgan fingerprint density at radius 3 is 2.53 bits per heavy atom. The van der Waals surface area contributed by atoms with Gasteiger partial charge in [0.2, 0.25) is 16.0 Å². The molecule has 0 amide bonds. The molecule has 0 aromatic heterocycles.